The molecule has 120 valence electrons. The highest BCUT2D eigenvalue weighted by atomic mass is 35.5. The van der Waals surface area contributed by atoms with Crippen LogP contribution in [0.4, 0.5) is 26.3 Å². The Balaban J connectivity index is 3.30. The van der Waals surface area contributed by atoms with Gasteiger partial charge in [0.25, 0.3) is 11.6 Å². The third kappa shape index (κ3) is 3.03. The Hall–Kier alpha value is -0.830. The molecule has 1 aliphatic carbocycles. The molecule has 1 saturated carbocycles. The Morgan fingerprint density at radius 3 is 1.38 bits per heavy atom. The van der Waals surface area contributed by atoms with E-state index < -0.39 is 58.7 Å². The number of carbonyl (C=O) groups excluding carboxylic acids is 3. The van der Waals surface area contributed by atoms with E-state index in [0.717, 1.165) is 0 Å². The van der Waals surface area contributed by atoms with Crippen molar-refractivity contribution in [3.8, 4) is 0 Å². The van der Waals surface area contributed by atoms with Crippen LogP contribution in [0.5, 0.6) is 0 Å². The van der Waals surface area contributed by atoms with E-state index in [9.17, 15) is 40.7 Å². The van der Waals surface area contributed by atoms with Gasteiger partial charge in [-0.25, -0.2) is 0 Å². The summed E-state index contributed by atoms with van der Waals surface area (Å²) >= 11 is 10.6. The molecule has 0 N–H and O–H groups in total. The fraction of sp³-hybridized carbons (Fsp3) is 0.700. The van der Waals surface area contributed by atoms with Crippen molar-refractivity contribution < 1.29 is 40.7 Å². The lowest BCUT2D eigenvalue weighted by Gasteiger charge is -2.37. The fourth-order valence-corrected chi connectivity index (χ4v) is 2.85. The molecule has 0 radical (unpaired) electrons. The van der Waals surface area contributed by atoms with Gasteiger partial charge in [-0.2, -0.15) is 26.3 Å². The SMILES string of the molecule is O=C(C(F)(F)F)[C@]1(Cl)CCC[C@](Cl)(C(=O)C(F)(F)F)C1=O. The van der Waals surface area contributed by atoms with Crippen LogP contribution >= 0.6 is 23.2 Å². The van der Waals surface area contributed by atoms with E-state index in [1.54, 1.807) is 0 Å². The summed E-state index contributed by atoms with van der Waals surface area (Å²) < 4.78 is 74.4. The molecule has 2 atom stereocenters. The van der Waals surface area contributed by atoms with Crippen molar-refractivity contribution in [1.29, 1.82) is 0 Å². The van der Waals surface area contributed by atoms with Crippen LogP contribution in [-0.2, 0) is 14.4 Å². The first kappa shape index (κ1) is 18.2. The Morgan fingerprint density at radius 1 is 0.857 bits per heavy atom. The first-order valence-corrected chi connectivity index (χ1v) is 6.09. The molecule has 0 spiro atoms. The van der Waals surface area contributed by atoms with Crippen molar-refractivity contribution in [2.45, 2.75) is 41.4 Å². The Morgan fingerprint density at radius 2 is 1.14 bits per heavy atom. The molecule has 1 aliphatic rings. The van der Waals surface area contributed by atoms with Crippen LogP contribution in [0, 0.1) is 0 Å². The van der Waals surface area contributed by atoms with Gasteiger partial charge in [-0.3, -0.25) is 14.4 Å². The second-order valence-corrected chi connectivity index (χ2v) is 5.73. The maximum Gasteiger partial charge on any atom is 0.452 e. The van der Waals surface area contributed by atoms with Crippen LogP contribution in [-0.4, -0.2) is 39.5 Å². The molecule has 21 heavy (non-hydrogen) atoms. The molecule has 11 heteroatoms. The normalized spacial score (nSPS) is 31.1. The molecule has 0 aliphatic heterocycles. The Labute approximate surface area is 123 Å². The second-order valence-electron chi connectivity index (χ2n) is 4.44. The molecular weight excluding hydrogens is 353 g/mol. The molecule has 0 heterocycles. The number of rotatable bonds is 2. The molecular formula is C10H6Cl2F6O3. The molecule has 0 aromatic heterocycles. The maximum atomic E-state index is 12.4. The lowest BCUT2D eigenvalue weighted by atomic mass is 9.74. The average Bonchev–Trinajstić information content (AvgIpc) is 2.32. The molecule has 3 nitrogen and oxygen atoms in total. The van der Waals surface area contributed by atoms with Crippen LogP contribution in [0.25, 0.3) is 0 Å². The van der Waals surface area contributed by atoms with Crippen molar-refractivity contribution in [2.24, 2.45) is 0 Å². The zero-order valence-electron chi connectivity index (χ0n) is 9.87. The number of ketones is 3. The van der Waals surface area contributed by atoms with Gasteiger partial charge < -0.3 is 0 Å². The Kier molecular flexibility index (Phi) is 4.44. The van der Waals surface area contributed by atoms with E-state index in [1.807, 2.05) is 0 Å². The van der Waals surface area contributed by atoms with Crippen LogP contribution in [0.1, 0.15) is 19.3 Å². The van der Waals surface area contributed by atoms with Gasteiger partial charge in [-0.1, -0.05) is 0 Å². The third-order valence-electron chi connectivity index (χ3n) is 3.00. The summed E-state index contributed by atoms with van der Waals surface area (Å²) in [6.07, 6.45) is -13.3. The molecule has 1 rings (SSSR count). The van der Waals surface area contributed by atoms with Crippen molar-refractivity contribution in [3.05, 3.63) is 0 Å². The standard InChI is InChI=1S/C10H6Cl2F6O3/c11-7(5(20)9(13,14)15)2-1-3-8(12,4(7)19)6(21)10(16,17)18/h1-3H2/t7-,8+. The molecule has 0 unspecified atom stereocenters. The van der Waals surface area contributed by atoms with Gasteiger partial charge in [-0.15, -0.1) is 23.2 Å². The minimum Gasteiger partial charge on any atom is -0.295 e. The third-order valence-corrected chi connectivity index (χ3v) is 4.06. The fourth-order valence-electron chi connectivity index (χ4n) is 2.00. The first-order valence-electron chi connectivity index (χ1n) is 5.33. The van der Waals surface area contributed by atoms with E-state index in [4.69, 9.17) is 23.2 Å². The van der Waals surface area contributed by atoms with E-state index in [-0.39, 0.29) is 0 Å². The molecule has 0 bridgehead atoms. The summed E-state index contributed by atoms with van der Waals surface area (Å²) in [6.45, 7) is 0. The number of alkyl halides is 8. The largest absolute Gasteiger partial charge is 0.452 e. The van der Waals surface area contributed by atoms with Crippen LogP contribution < -0.4 is 0 Å². The number of carbonyl (C=O) groups is 3. The predicted molar refractivity (Wildman–Crippen MR) is 58.2 cm³/mol. The van der Waals surface area contributed by atoms with Crippen molar-refractivity contribution in [1.82, 2.24) is 0 Å². The smallest absolute Gasteiger partial charge is 0.295 e. The molecule has 0 aromatic carbocycles. The number of Topliss-reactive ketones (excluding diaryl/α,β-unsaturated/α-hetero) is 3. The summed E-state index contributed by atoms with van der Waals surface area (Å²) in [5.41, 5.74) is 0. The van der Waals surface area contributed by atoms with E-state index >= 15 is 0 Å². The minimum atomic E-state index is -5.55. The highest BCUT2D eigenvalue weighted by Crippen LogP contribution is 2.46. The van der Waals surface area contributed by atoms with Gasteiger partial charge in [0.15, 0.2) is 15.5 Å². The highest BCUT2D eigenvalue weighted by molar-refractivity contribution is 6.58. The first-order chi connectivity index (χ1) is 9.17. The van der Waals surface area contributed by atoms with Crippen LogP contribution in [0.2, 0.25) is 0 Å². The monoisotopic (exact) mass is 358 g/mol. The van der Waals surface area contributed by atoms with Gasteiger partial charge in [-0.05, 0) is 19.3 Å². The summed E-state index contributed by atoms with van der Waals surface area (Å²) in [5.74, 6) is -7.56. The summed E-state index contributed by atoms with van der Waals surface area (Å²) in [4.78, 5) is 27.6. The number of hydrogen-bond donors (Lipinski definition) is 0. The van der Waals surface area contributed by atoms with Crippen molar-refractivity contribution in [3.63, 3.8) is 0 Å². The van der Waals surface area contributed by atoms with Gasteiger partial charge in [0.05, 0.1) is 0 Å². The number of halogens is 8. The maximum absolute atomic E-state index is 12.4. The van der Waals surface area contributed by atoms with Crippen molar-refractivity contribution >= 4 is 40.6 Å². The summed E-state index contributed by atoms with van der Waals surface area (Å²) in [7, 11) is 0. The topological polar surface area (TPSA) is 51.2 Å². The zero-order chi connectivity index (χ0) is 16.9. The molecule has 0 aromatic rings. The van der Waals surface area contributed by atoms with Gasteiger partial charge >= 0.3 is 12.4 Å². The van der Waals surface area contributed by atoms with E-state index in [2.05, 4.69) is 0 Å². The molecule has 0 amide bonds. The van der Waals surface area contributed by atoms with Gasteiger partial charge in [0.2, 0.25) is 0 Å². The quantitative estimate of drug-likeness (QED) is 0.433. The molecule has 0 saturated heterocycles. The highest BCUT2D eigenvalue weighted by Gasteiger charge is 2.67. The summed E-state index contributed by atoms with van der Waals surface area (Å²) in [6, 6.07) is 0. The van der Waals surface area contributed by atoms with E-state index in [0.29, 0.717) is 0 Å². The second kappa shape index (κ2) is 5.12. The molecule has 1 fully saturated rings. The lowest BCUT2D eigenvalue weighted by molar-refractivity contribution is -0.181. The average molecular weight is 359 g/mol. The summed E-state index contributed by atoms with van der Waals surface area (Å²) in [5, 5.41) is 0. The van der Waals surface area contributed by atoms with E-state index in [1.165, 1.54) is 0 Å². The van der Waals surface area contributed by atoms with Crippen LogP contribution in [0.3, 0.4) is 0 Å². The Bertz CT molecular complexity index is 458. The van der Waals surface area contributed by atoms with Gasteiger partial charge in [0.1, 0.15) is 0 Å². The van der Waals surface area contributed by atoms with Crippen molar-refractivity contribution in [2.75, 3.05) is 0 Å². The number of hydrogen-bond acceptors (Lipinski definition) is 3. The lowest BCUT2D eigenvalue weighted by Crippen LogP contribution is -2.62. The minimum absolute atomic E-state index is 0.525. The van der Waals surface area contributed by atoms with Gasteiger partial charge in [0, 0.05) is 0 Å². The van der Waals surface area contributed by atoms with Crippen LogP contribution in [0.15, 0.2) is 0 Å². The predicted octanol–water partition coefficient (Wildman–Crippen LogP) is 2.96. The zero-order valence-corrected chi connectivity index (χ0v) is 11.4.